The maximum Gasteiger partial charge on any atom is 0.280 e. The van der Waals surface area contributed by atoms with Crippen molar-refractivity contribution < 1.29 is 18.9 Å². The van der Waals surface area contributed by atoms with E-state index in [0.29, 0.717) is 35.7 Å². The van der Waals surface area contributed by atoms with Gasteiger partial charge in [0.1, 0.15) is 17.2 Å². The number of nitro groups is 1. The van der Waals surface area contributed by atoms with Gasteiger partial charge in [0, 0.05) is 30.8 Å². The quantitative estimate of drug-likeness (QED) is 0.357. The van der Waals surface area contributed by atoms with Crippen LogP contribution in [0.3, 0.4) is 0 Å². The van der Waals surface area contributed by atoms with Crippen molar-refractivity contribution in [2.75, 3.05) is 13.1 Å². The van der Waals surface area contributed by atoms with Crippen LogP contribution in [0.1, 0.15) is 29.0 Å². The zero-order chi connectivity index (χ0) is 22.5. The minimum Gasteiger partial charge on any atom is -0.456 e. The molecule has 0 aliphatic carbocycles. The standard InChI is InChI=1S/C24H21N3O5/c28-23(17-8-2-1-3-9-17)25-20(24(29)26-14-6-7-15-26)16-18-12-13-22(32-18)19-10-4-5-11-21(19)27(30)31/h1-5,8-13,16H,6-7,14-15H2,(H,25,28). The molecule has 1 saturated heterocycles. The van der Waals surface area contributed by atoms with Crippen molar-refractivity contribution in [2.45, 2.75) is 12.8 Å². The van der Waals surface area contributed by atoms with Gasteiger partial charge < -0.3 is 14.6 Å². The molecule has 3 aromatic rings. The summed E-state index contributed by atoms with van der Waals surface area (Å²) >= 11 is 0. The molecule has 1 fully saturated rings. The fourth-order valence-corrected chi connectivity index (χ4v) is 3.58. The molecule has 0 spiro atoms. The fourth-order valence-electron chi connectivity index (χ4n) is 3.58. The molecule has 1 aliphatic rings. The first kappa shape index (κ1) is 21.0. The van der Waals surface area contributed by atoms with Crippen molar-refractivity contribution in [1.29, 1.82) is 0 Å². The highest BCUT2D eigenvalue weighted by molar-refractivity contribution is 6.05. The monoisotopic (exact) mass is 431 g/mol. The largest absolute Gasteiger partial charge is 0.456 e. The second kappa shape index (κ2) is 9.30. The Morgan fingerprint density at radius 1 is 0.969 bits per heavy atom. The van der Waals surface area contributed by atoms with Crippen molar-refractivity contribution in [3.05, 3.63) is 93.9 Å². The van der Waals surface area contributed by atoms with Crippen LogP contribution in [0.15, 0.2) is 76.8 Å². The van der Waals surface area contributed by atoms with Gasteiger partial charge in [-0.1, -0.05) is 30.3 Å². The Labute approximate surface area is 184 Å². The average molecular weight is 431 g/mol. The van der Waals surface area contributed by atoms with Crippen LogP contribution in [0.4, 0.5) is 5.69 Å². The van der Waals surface area contributed by atoms with E-state index in [1.807, 2.05) is 0 Å². The number of hydrogen-bond donors (Lipinski definition) is 1. The van der Waals surface area contributed by atoms with Crippen LogP contribution < -0.4 is 5.32 Å². The zero-order valence-electron chi connectivity index (χ0n) is 17.2. The van der Waals surface area contributed by atoms with E-state index in [0.717, 1.165) is 12.8 Å². The Hall–Kier alpha value is -4.20. The Morgan fingerprint density at radius 3 is 2.38 bits per heavy atom. The van der Waals surface area contributed by atoms with E-state index in [9.17, 15) is 19.7 Å². The number of hydrogen-bond acceptors (Lipinski definition) is 5. The lowest BCUT2D eigenvalue weighted by molar-refractivity contribution is -0.384. The highest BCUT2D eigenvalue weighted by Gasteiger charge is 2.24. The summed E-state index contributed by atoms with van der Waals surface area (Å²) in [4.78, 5) is 38.3. The van der Waals surface area contributed by atoms with Crippen LogP contribution in [0.5, 0.6) is 0 Å². The van der Waals surface area contributed by atoms with Crippen LogP contribution in [0.25, 0.3) is 17.4 Å². The molecule has 0 atom stereocenters. The molecule has 32 heavy (non-hydrogen) atoms. The van der Waals surface area contributed by atoms with Gasteiger partial charge in [0.05, 0.1) is 10.5 Å². The van der Waals surface area contributed by atoms with Gasteiger partial charge in [0.25, 0.3) is 17.5 Å². The molecule has 0 bridgehead atoms. The van der Waals surface area contributed by atoms with Gasteiger partial charge in [-0.15, -0.1) is 0 Å². The third-order valence-corrected chi connectivity index (χ3v) is 5.19. The van der Waals surface area contributed by atoms with E-state index >= 15 is 0 Å². The summed E-state index contributed by atoms with van der Waals surface area (Å²) in [5.41, 5.74) is 0.762. The van der Waals surface area contributed by atoms with Gasteiger partial charge >= 0.3 is 0 Å². The summed E-state index contributed by atoms with van der Waals surface area (Å²) in [6.45, 7) is 1.24. The molecule has 8 nitrogen and oxygen atoms in total. The van der Waals surface area contributed by atoms with Gasteiger partial charge in [-0.2, -0.15) is 0 Å². The van der Waals surface area contributed by atoms with E-state index in [-0.39, 0.29) is 17.3 Å². The summed E-state index contributed by atoms with van der Waals surface area (Å²) in [6, 6.07) is 18.1. The molecular formula is C24H21N3O5. The van der Waals surface area contributed by atoms with E-state index in [1.165, 1.54) is 12.1 Å². The predicted molar refractivity (Wildman–Crippen MR) is 118 cm³/mol. The summed E-state index contributed by atoms with van der Waals surface area (Å²) in [5.74, 6) is -0.106. The molecule has 2 heterocycles. The number of rotatable bonds is 6. The highest BCUT2D eigenvalue weighted by atomic mass is 16.6. The lowest BCUT2D eigenvalue weighted by atomic mass is 10.1. The van der Waals surface area contributed by atoms with Gasteiger partial charge in [-0.3, -0.25) is 19.7 Å². The topological polar surface area (TPSA) is 106 Å². The maximum atomic E-state index is 13.0. The minimum atomic E-state index is -0.476. The fraction of sp³-hybridized carbons (Fsp3) is 0.167. The van der Waals surface area contributed by atoms with Crippen molar-refractivity contribution in [3.8, 4) is 11.3 Å². The van der Waals surface area contributed by atoms with Crippen LogP contribution in [-0.2, 0) is 4.79 Å². The third-order valence-electron chi connectivity index (χ3n) is 5.19. The first-order valence-electron chi connectivity index (χ1n) is 10.2. The number of furan rings is 1. The first-order valence-corrected chi connectivity index (χ1v) is 10.2. The van der Waals surface area contributed by atoms with Crippen molar-refractivity contribution in [3.63, 3.8) is 0 Å². The molecule has 162 valence electrons. The smallest absolute Gasteiger partial charge is 0.280 e. The molecular weight excluding hydrogens is 410 g/mol. The third kappa shape index (κ3) is 4.59. The molecule has 0 unspecified atom stereocenters. The van der Waals surface area contributed by atoms with Gasteiger partial charge in [-0.05, 0) is 43.2 Å². The normalized spacial score (nSPS) is 13.8. The summed E-state index contributed by atoms with van der Waals surface area (Å²) in [5, 5.41) is 14.0. The average Bonchev–Trinajstić information content (AvgIpc) is 3.51. The summed E-state index contributed by atoms with van der Waals surface area (Å²) in [7, 11) is 0. The highest BCUT2D eigenvalue weighted by Crippen LogP contribution is 2.31. The Bertz CT molecular complexity index is 1180. The van der Waals surface area contributed by atoms with E-state index in [2.05, 4.69) is 5.32 Å². The molecule has 8 heteroatoms. The summed E-state index contributed by atoms with van der Waals surface area (Å²) in [6.07, 6.45) is 3.28. The van der Waals surface area contributed by atoms with Crippen molar-refractivity contribution in [1.82, 2.24) is 10.2 Å². The molecule has 0 radical (unpaired) electrons. The van der Waals surface area contributed by atoms with Crippen molar-refractivity contribution in [2.24, 2.45) is 0 Å². The Balaban J connectivity index is 1.65. The number of nitro benzene ring substituents is 1. The van der Waals surface area contributed by atoms with E-state index in [1.54, 1.807) is 65.6 Å². The number of nitrogens with one attached hydrogen (secondary N) is 1. The van der Waals surface area contributed by atoms with Crippen LogP contribution in [-0.4, -0.2) is 34.7 Å². The van der Waals surface area contributed by atoms with Crippen LogP contribution in [0.2, 0.25) is 0 Å². The number of carbonyl (C=O) groups is 2. The maximum absolute atomic E-state index is 13.0. The lowest BCUT2D eigenvalue weighted by Gasteiger charge is -2.18. The molecule has 1 aromatic heterocycles. The predicted octanol–water partition coefficient (Wildman–Crippen LogP) is 4.25. The second-order valence-electron chi connectivity index (χ2n) is 7.35. The second-order valence-corrected chi connectivity index (χ2v) is 7.35. The number of amides is 2. The van der Waals surface area contributed by atoms with E-state index < -0.39 is 10.8 Å². The number of para-hydroxylation sites is 1. The lowest BCUT2D eigenvalue weighted by Crippen LogP contribution is -2.36. The molecule has 4 rings (SSSR count). The van der Waals surface area contributed by atoms with Gasteiger partial charge in [-0.25, -0.2) is 0 Å². The van der Waals surface area contributed by atoms with Gasteiger partial charge in [0.15, 0.2) is 0 Å². The molecule has 2 aromatic carbocycles. The molecule has 1 N–H and O–H groups in total. The Morgan fingerprint density at radius 2 is 1.66 bits per heavy atom. The van der Waals surface area contributed by atoms with Crippen molar-refractivity contribution >= 4 is 23.6 Å². The minimum absolute atomic E-state index is 0.0804. The molecule has 1 aliphatic heterocycles. The molecule has 0 saturated carbocycles. The number of nitrogens with zero attached hydrogens (tertiary/aromatic N) is 2. The summed E-state index contributed by atoms with van der Waals surface area (Å²) < 4.78 is 5.79. The molecule has 2 amide bonds. The van der Waals surface area contributed by atoms with Gasteiger partial charge in [0.2, 0.25) is 0 Å². The van der Waals surface area contributed by atoms with Crippen LogP contribution in [0, 0.1) is 10.1 Å². The SMILES string of the molecule is O=C(NC(=Cc1ccc(-c2ccccc2[N+](=O)[O-])o1)C(=O)N1CCCC1)c1ccccc1. The number of carbonyl (C=O) groups excluding carboxylic acids is 2. The van der Waals surface area contributed by atoms with E-state index in [4.69, 9.17) is 4.42 Å². The van der Waals surface area contributed by atoms with Crippen LogP contribution >= 0.6 is 0 Å². The Kier molecular flexibility index (Phi) is 6.12. The number of benzene rings is 2. The number of likely N-dealkylation sites (tertiary alicyclic amines) is 1. The first-order chi connectivity index (χ1) is 15.5. The zero-order valence-corrected chi connectivity index (χ0v) is 17.2.